The van der Waals surface area contributed by atoms with Crippen LogP contribution in [0, 0.1) is 0 Å². The average molecular weight is 300 g/mol. The van der Waals surface area contributed by atoms with Gasteiger partial charge in [0, 0.05) is 38.5 Å². The Hall–Kier alpha value is -0.610. The van der Waals surface area contributed by atoms with Crippen LogP contribution >= 0.6 is 11.6 Å². The van der Waals surface area contributed by atoms with Gasteiger partial charge in [0.2, 0.25) is 0 Å². The molecule has 0 aliphatic carbocycles. The Morgan fingerprint density at radius 2 is 1.90 bits per heavy atom. The molecule has 1 aromatic carbocycles. The van der Waals surface area contributed by atoms with Gasteiger partial charge in [-0.25, -0.2) is 0 Å². The van der Waals surface area contributed by atoms with Crippen molar-refractivity contribution >= 4 is 11.6 Å². The maximum Gasteiger partial charge on any atom is 0.0487 e. The standard InChI is InChI=1S/C16H26ClNO2/c1-3-18-13-15(9-12-20-11-4-10-19-2)14-5-7-16(17)8-6-14/h5-8,15,18H,3-4,9-13H2,1-2H3. The first-order valence-corrected chi connectivity index (χ1v) is 7.68. The van der Waals surface area contributed by atoms with Crippen molar-refractivity contribution in [3.63, 3.8) is 0 Å². The minimum absolute atomic E-state index is 0.467. The first kappa shape index (κ1) is 17.4. The molecule has 0 bridgehead atoms. The van der Waals surface area contributed by atoms with E-state index >= 15 is 0 Å². The van der Waals surface area contributed by atoms with Gasteiger partial charge in [0.15, 0.2) is 0 Å². The lowest BCUT2D eigenvalue weighted by atomic mass is 9.96. The lowest BCUT2D eigenvalue weighted by molar-refractivity contribution is 0.0980. The summed E-state index contributed by atoms with van der Waals surface area (Å²) < 4.78 is 10.7. The maximum absolute atomic E-state index is 5.94. The Labute approximate surface area is 127 Å². The third kappa shape index (κ3) is 7.25. The van der Waals surface area contributed by atoms with Crippen LogP contribution in [0.25, 0.3) is 0 Å². The van der Waals surface area contributed by atoms with Gasteiger partial charge in [0.05, 0.1) is 0 Å². The van der Waals surface area contributed by atoms with Gasteiger partial charge in [-0.1, -0.05) is 30.7 Å². The van der Waals surface area contributed by atoms with Gasteiger partial charge in [-0.3, -0.25) is 0 Å². The average Bonchev–Trinajstić information content (AvgIpc) is 2.47. The van der Waals surface area contributed by atoms with E-state index in [1.165, 1.54) is 5.56 Å². The molecule has 20 heavy (non-hydrogen) atoms. The molecular weight excluding hydrogens is 274 g/mol. The highest BCUT2D eigenvalue weighted by Crippen LogP contribution is 2.21. The van der Waals surface area contributed by atoms with E-state index in [4.69, 9.17) is 21.1 Å². The van der Waals surface area contributed by atoms with Crippen LogP contribution in [-0.2, 0) is 9.47 Å². The second kappa shape index (κ2) is 11.1. The first-order valence-electron chi connectivity index (χ1n) is 7.30. The number of hydrogen-bond acceptors (Lipinski definition) is 3. The van der Waals surface area contributed by atoms with Gasteiger partial charge in [-0.2, -0.15) is 0 Å². The van der Waals surface area contributed by atoms with E-state index in [1.807, 2.05) is 12.1 Å². The minimum atomic E-state index is 0.467. The summed E-state index contributed by atoms with van der Waals surface area (Å²) in [6.07, 6.45) is 1.97. The number of likely N-dealkylation sites (N-methyl/N-ethyl adjacent to an activating group) is 1. The first-order chi connectivity index (χ1) is 9.77. The zero-order chi connectivity index (χ0) is 14.6. The van der Waals surface area contributed by atoms with E-state index in [0.717, 1.165) is 50.8 Å². The Kier molecular flexibility index (Phi) is 9.67. The van der Waals surface area contributed by atoms with Gasteiger partial charge in [-0.15, -0.1) is 0 Å². The molecule has 1 atom stereocenters. The molecule has 0 amide bonds. The number of benzene rings is 1. The Bertz CT molecular complexity index is 343. The number of methoxy groups -OCH3 is 1. The molecule has 0 saturated heterocycles. The van der Waals surface area contributed by atoms with Crippen LogP contribution in [0.1, 0.15) is 31.2 Å². The smallest absolute Gasteiger partial charge is 0.0487 e. The summed E-state index contributed by atoms with van der Waals surface area (Å²) in [5, 5.41) is 4.20. The SMILES string of the molecule is CCNCC(CCOCCCOC)c1ccc(Cl)cc1. The molecule has 0 spiro atoms. The summed E-state index contributed by atoms with van der Waals surface area (Å²) in [6.45, 7) is 6.39. The molecule has 1 aromatic rings. The van der Waals surface area contributed by atoms with Crippen LogP contribution in [-0.4, -0.2) is 40.0 Å². The van der Waals surface area contributed by atoms with Crippen molar-refractivity contribution in [1.29, 1.82) is 0 Å². The zero-order valence-corrected chi connectivity index (χ0v) is 13.3. The van der Waals surface area contributed by atoms with E-state index in [2.05, 4.69) is 24.4 Å². The molecule has 0 aliphatic rings. The Balaban J connectivity index is 2.37. The zero-order valence-electron chi connectivity index (χ0n) is 12.5. The molecule has 0 aromatic heterocycles. The van der Waals surface area contributed by atoms with Crippen molar-refractivity contribution in [2.75, 3.05) is 40.0 Å². The van der Waals surface area contributed by atoms with Crippen molar-refractivity contribution in [1.82, 2.24) is 5.32 Å². The van der Waals surface area contributed by atoms with Crippen LogP contribution in [0.3, 0.4) is 0 Å². The molecule has 0 saturated carbocycles. The molecule has 1 unspecified atom stereocenters. The largest absolute Gasteiger partial charge is 0.385 e. The predicted octanol–water partition coefficient (Wildman–Crippen LogP) is 3.48. The maximum atomic E-state index is 5.94. The molecule has 1 N–H and O–H groups in total. The summed E-state index contributed by atoms with van der Waals surface area (Å²) in [5.74, 6) is 0.467. The highest BCUT2D eigenvalue weighted by Gasteiger charge is 2.11. The normalized spacial score (nSPS) is 12.6. The Morgan fingerprint density at radius 1 is 1.15 bits per heavy atom. The highest BCUT2D eigenvalue weighted by atomic mass is 35.5. The molecule has 114 valence electrons. The second-order valence-electron chi connectivity index (χ2n) is 4.80. The molecular formula is C16H26ClNO2. The number of hydrogen-bond donors (Lipinski definition) is 1. The number of rotatable bonds is 11. The van der Waals surface area contributed by atoms with Crippen LogP contribution in [0.15, 0.2) is 24.3 Å². The fourth-order valence-corrected chi connectivity index (χ4v) is 2.20. The van der Waals surface area contributed by atoms with E-state index in [0.29, 0.717) is 5.92 Å². The fraction of sp³-hybridized carbons (Fsp3) is 0.625. The molecule has 3 nitrogen and oxygen atoms in total. The van der Waals surface area contributed by atoms with E-state index in [1.54, 1.807) is 7.11 Å². The molecule has 4 heteroatoms. The predicted molar refractivity (Wildman–Crippen MR) is 84.7 cm³/mol. The van der Waals surface area contributed by atoms with Crippen molar-refractivity contribution in [3.8, 4) is 0 Å². The van der Waals surface area contributed by atoms with E-state index in [9.17, 15) is 0 Å². The lowest BCUT2D eigenvalue weighted by Crippen LogP contribution is -2.22. The van der Waals surface area contributed by atoms with Gasteiger partial charge in [0.1, 0.15) is 0 Å². The van der Waals surface area contributed by atoms with Crippen LogP contribution in [0.2, 0.25) is 5.02 Å². The summed E-state index contributed by atoms with van der Waals surface area (Å²) in [4.78, 5) is 0. The second-order valence-corrected chi connectivity index (χ2v) is 5.24. The fourth-order valence-electron chi connectivity index (χ4n) is 2.07. The highest BCUT2D eigenvalue weighted by molar-refractivity contribution is 6.30. The summed E-state index contributed by atoms with van der Waals surface area (Å²) in [6, 6.07) is 8.12. The molecule has 0 heterocycles. The van der Waals surface area contributed by atoms with Crippen molar-refractivity contribution in [2.45, 2.75) is 25.7 Å². The minimum Gasteiger partial charge on any atom is -0.385 e. The van der Waals surface area contributed by atoms with Gasteiger partial charge >= 0.3 is 0 Å². The van der Waals surface area contributed by atoms with Crippen molar-refractivity contribution in [2.24, 2.45) is 0 Å². The lowest BCUT2D eigenvalue weighted by Gasteiger charge is -2.18. The molecule has 1 rings (SSSR count). The van der Waals surface area contributed by atoms with Crippen molar-refractivity contribution < 1.29 is 9.47 Å². The summed E-state index contributed by atoms with van der Waals surface area (Å²) in [5.41, 5.74) is 1.32. The van der Waals surface area contributed by atoms with Crippen molar-refractivity contribution in [3.05, 3.63) is 34.9 Å². The monoisotopic (exact) mass is 299 g/mol. The molecule has 0 aliphatic heterocycles. The van der Waals surface area contributed by atoms with Crippen LogP contribution in [0.5, 0.6) is 0 Å². The van der Waals surface area contributed by atoms with E-state index < -0.39 is 0 Å². The molecule has 0 radical (unpaired) electrons. The quantitative estimate of drug-likeness (QED) is 0.635. The van der Waals surface area contributed by atoms with Gasteiger partial charge in [-0.05, 0) is 43.0 Å². The summed E-state index contributed by atoms with van der Waals surface area (Å²) in [7, 11) is 1.72. The third-order valence-electron chi connectivity index (χ3n) is 3.23. The number of halogens is 1. The van der Waals surface area contributed by atoms with Crippen LogP contribution in [0.4, 0.5) is 0 Å². The Morgan fingerprint density at radius 3 is 2.55 bits per heavy atom. The number of nitrogens with one attached hydrogen (secondary N) is 1. The van der Waals surface area contributed by atoms with Gasteiger partial charge < -0.3 is 14.8 Å². The molecule has 0 fully saturated rings. The third-order valence-corrected chi connectivity index (χ3v) is 3.48. The topological polar surface area (TPSA) is 30.5 Å². The van der Waals surface area contributed by atoms with E-state index in [-0.39, 0.29) is 0 Å². The van der Waals surface area contributed by atoms with Crippen LogP contribution < -0.4 is 5.32 Å². The van der Waals surface area contributed by atoms with Gasteiger partial charge in [0.25, 0.3) is 0 Å². The summed E-state index contributed by atoms with van der Waals surface area (Å²) >= 11 is 5.94. The number of ether oxygens (including phenoxy) is 2.